The molecule has 0 saturated heterocycles. The minimum absolute atomic E-state index is 0.222. The summed E-state index contributed by atoms with van der Waals surface area (Å²) in [7, 11) is 1.66. The molecule has 1 aromatic rings. The number of methoxy groups -OCH3 is 1. The Labute approximate surface area is 77.7 Å². The molecule has 0 amide bonds. The van der Waals surface area contributed by atoms with Crippen molar-refractivity contribution in [3.8, 4) is 11.5 Å². The summed E-state index contributed by atoms with van der Waals surface area (Å²) in [6.45, 7) is 2.86. The Morgan fingerprint density at radius 3 is 3.15 bits per heavy atom. The van der Waals surface area contributed by atoms with Gasteiger partial charge in [-0.15, -0.1) is 0 Å². The van der Waals surface area contributed by atoms with Gasteiger partial charge in [0.2, 0.25) is 0 Å². The zero-order valence-electron chi connectivity index (χ0n) is 7.83. The molecule has 1 atom stereocenters. The summed E-state index contributed by atoms with van der Waals surface area (Å²) in [6, 6.07) is 5.79. The first kappa shape index (κ1) is 8.23. The van der Waals surface area contributed by atoms with E-state index >= 15 is 0 Å². The third-order valence-electron chi connectivity index (χ3n) is 2.10. The quantitative estimate of drug-likeness (QED) is 0.714. The molecule has 3 nitrogen and oxygen atoms in total. The van der Waals surface area contributed by atoms with E-state index in [0.717, 1.165) is 23.7 Å². The Hall–Kier alpha value is -1.38. The standard InChI is InChI=1S/C10H13NO2/c1-7-6-11-10-8(12-2)4-3-5-9(10)13-7/h3-5,7,11H,6H2,1-2H3. The molecule has 1 aliphatic heterocycles. The van der Waals surface area contributed by atoms with Crippen LogP contribution in [-0.2, 0) is 0 Å². The minimum Gasteiger partial charge on any atom is -0.494 e. The summed E-state index contributed by atoms with van der Waals surface area (Å²) in [5, 5.41) is 3.28. The second-order valence-corrected chi connectivity index (χ2v) is 3.14. The van der Waals surface area contributed by atoms with Gasteiger partial charge in [0, 0.05) is 0 Å². The lowest BCUT2D eigenvalue weighted by Crippen LogP contribution is -2.27. The van der Waals surface area contributed by atoms with Crippen LogP contribution in [-0.4, -0.2) is 19.8 Å². The zero-order valence-corrected chi connectivity index (χ0v) is 7.83. The molecule has 0 radical (unpaired) electrons. The number of para-hydroxylation sites is 1. The van der Waals surface area contributed by atoms with Crippen molar-refractivity contribution < 1.29 is 9.47 Å². The third kappa shape index (κ3) is 1.41. The fourth-order valence-corrected chi connectivity index (χ4v) is 1.46. The van der Waals surface area contributed by atoms with Gasteiger partial charge in [-0.3, -0.25) is 0 Å². The monoisotopic (exact) mass is 179 g/mol. The van der Waals surface area contributed by atoms with E-state index < -0.39 is 0 Å². The third-order valence-corrected chi connectivity index (χ3v) is 2.10. The van der Waals surface area contributed by atoms with Crippen LogP contribution in [0.5, 0.6) is 11.5 Å². The molecule has 0 bridgehead atoms. The first-order valence-electron chi connectivity index (χ1n) is 4.39. The van der Waals surface area contributed by atoms with Crippen molar-refractivity contribution in [1.29, 1.82) is 0 Å². The molecular formula is C10H13NO2. The van der Waals surface area contributed by atoms with Crippen LogP contribution < -0.4 is 14.8 Å². The van der Waals surface area contributed by atoms with Crippen molar-refractivity contribution in [3.05, 3.63) is 18.2 Å². The largest absolute Gasteiger partial charge is 0.494 e. The number of hydrogen-bond donors (Lipinski definition) is 1. The van der Waals surface area contributed by atoms with Crippen LogP contribution in [0.3, 0.4) is 0 Å². The minimum atomic E-state index is 0.222. The highest BCUT2D eigenvalue weighted by atomic mass is 16.5. The van der Waals surface area contributed by atoms with E-state index in [4.69, 9.17) is 9.47 Å². The van der Waals surface area contributed by atoms with Gasteiger partial charge in [0.05, 0.1) is 13.7 Å². The molecule has 1 aromatic carbocycles. The number of anilines is 1. The summed E-state index contributed by atoms with van der Waals surface area (Å²) < 4.78 is 10.8. The molecule has 2 rings (SSSR count). The van der Waals surface area contributed by atoms with Gasteiger partial charge in [-0.2, -0.15) is 0 Å². The Bertz CT molecular complexity index is 312. The molecule has 0 saturated carbocycles. The predicted molar refractivity (Wildman–Crippen MR) is 51.6 cm³/mol. The molecule has 1 aliphatic rings. The highest BCUT2D eigenvalue weighted by molar-refractivity contribution is 5.67. The van der Waals surface area contributed by atoms with Gasteiger partial charge in [0.15, 0.2) is 0 Å². The average molecular weight is 179 g/mol. The van der Waals surface area contributed by atoms with Crippen molar-refractivity contribution in [2.75, 3.05) is 19.0 Å². The Kier molecular flexibility index (Phi) is 2.00. The second-order valence-electron chi connectivity index (χ2n) is 3.14. The van der Waals surface area contributed by atoms with Gasteiger partial charge in [-0.25, -0.2) is 0 Å². The molecule has 70 valence electrons. The molecule has 1 heterocycles. The number of benzene rings is 1. The summed E-state index contributed by atoms with van der Waals surface area (Å²) in [4.78, 5) is 0. The topological polar surface area (TPSA) is 30.5 Å². The van der Waals surface area contributed by atoms with E-state index in [1.807, 2.05) is 25.1 Å². The van der Waals surface area contributed by atoms with Crippen molar-refractivity contribution in [1.82, 2.24) is 0 Å². The van der Waals surface area contributed by atoms with Gasteiger partial charge in [0.25, 0.3) is 0 Å². The number of nitrogens with one attached hydrogen (secondary N) is 1. The van der Waals surface area contributed by atoms with Crippen molar-refractivity contribution in [2.45, 2.75) is 13.0 Å². The van der Waals surface area contributed by atoms with Gasteiger partial charge >= 0.3 is 0 Å². The van der Waals surface area contributed by atoms with Crippen LogP contribution in [0, 0.1) is 0 Å². The maximum Gasteiger partial charge on any atom is 0.146 e. The fourth-order valence-electron chi connectivity index (χ4n) is 1.46. The molecule has 1 N–H and O–H groups in total. The van der Waals surface area contributed by atoms with Crippen molar-refractivity contribution in [3.63, 3.8) is 0 Å². The molecule has 3 heteroatoms. The normalized spacial score (nSPS) is 19.7. The van der Waals surface area contributed by atoms with Gasteiger partial charge in [0.1, 0.15) is 23.3 Å². The van der Waals surface area contributed by atoms with Crippen LogP contribution >= 0.6 is 0 Å². The van der Waals surface area contributed by atoms with Crippen molar-refractivity contribution in [2.24, 2.45) is 0 Å². The van der Waals surface area contributed by atoms with Crippen LogP contribution in [0.15, 0.2) is 18.2 Å². The first-order valence-corrected chi connectivity index (χ1v) is 4.39. The van der Waals surface area contributed by atoms with Gasteiger partial charge in [-0.1, -0.05) is 6.07 Å². The van der Waals surface area contributed by atoms with E-state index in [1.54, 1.807) is 7.11 Å². The van der Waals surface area contributed by atoms with Crippen LogP contribution in [0.25, 0.3) is 0 Å². The lowest BCUT2D eigenvalue weighted by atomic mass is 10.2. The molecule has 0 aliphatic carbocycles. The Morgan fingerprint density at radius 2 is 2.38 bits per heavy atom. The molecule has 13 heavy (non-hydrogen) atoms. The van der Waals surface area contributed by atoms with E-state index in [0.29, 0.717) is 0 Å². The first-order chi connectivity index (χ1) is 6.31. The highest BCUT2D eigenvalue weighted by Crippen LogP contribution is 2.36. The number of rotatable bonds is 1. The van der Waals surface area contributed by atoms with E-state index in [2.05, 4.69) is 5.32 Å². The Balaban J connectivity index is 2.39. The summed E-state index contributed by atoms with van der Waals surface area (Å²) in [5.41, 5.74) is 0.961. The number of ether oxygens (including phenoxy) is 2. The maximum absolute atomic E-state index is 5.63. The molecule has 0 aromatic heterocycles. The fraction of sp³-hybridized carbons (Fsp3) is 0.400. The molecule has 1 unspecified atom stereocenters. The van der Waals surface area contributed by atoms with E-state index in [-0.39, 0.29) is 6.10 Å². The van der Waals surface area contributed by atoms with Gasteiger partial charge in [-0.05, 0) is 19.1 Å². The SMILES string of the molecule is COc1cccc2c1NCC(C)O2. The lowest BCUT2D eigenvalue weighted by Gasteiger charge is -2.25. The number of fused-ring (bicyclic) bond motifs is 1. The molecular weight excluding hydrogens is 166 g/mol. The van der Waals surface area contributed by atoms with Crippen LogP contribution in [0.4, 0.5) is 5.69 Å². The van der Waals surface area contributed by atoms with Crippen LogP contribution in [0.1, 0.15) is 6.92 Å². The smallest absolute Gasteiger partial charge is 0.146 e. The van der Waals surface area contributed by atoms with Gasteiger partial charge < -0.3 is 14.8 Å². The summed E-state index contributed by atoms with van der Waals surface area (Å²) in [5.74, 6) is 1.71. The summed E-state index contributed by atoms with van der Waals surface area (Å²) in [6.07, 6.45) is 0.222. The summed E-state index contributed by atoms with van der Waals surface area (Å²) >= 11 is 0. The highest BCUT2D eigenvalue weighted by Gasteiger charge is 2.17. The van der Waals surface area contributed by atoms with Crippen molar-refractivity contribution >= 4 is 5.69 Å². The molecule has 0 spiro atoms. The average Bonchev–Trinajstić information content (AvgIpc) is 2.16. The maximum atomic E-state index is 5.63. The second kappa shape index (κ2) is 3.17. The van der Waals surface area contributed by atoms with E-state index in [9.17, 15) is 0 Å². The lowest BCUT2D eigenvalue weighted by molar-refractivity contribution is 0.224. The van der Waals surface area contributed by atoms with Crippen LogP contribution in [0.2, 0.25) is 0 Å². The predicted octanol–water partition coefficient (Wildman–Crippen LogP) is 1.89. The molecule has 0 fully saturated rings. The van der Waals surface area contributed by atoms with E-state index in [1.165, 1.54) is 0 Å². The zero-order chi connectivity index (χ0) is 9.26. The number of hydrogen-bond acceptors (Lipinski definition) is 3. The Morgan fingerprint density at radius 1 is 1.54 bits per heavy atom.